The van der Waals surface area contributed by atoms with Crippen LogP contribution in [0.1, 0.15) is 0 Å². The van der Waals surface area contributed by atoms with Gasteiger partial charge in [0.2, 0.25) is 0 Å². The van der Waals surface area contributed by atoms with E-state index >= 15 is 0 Å². The van der Waals surface area contributed by atoms with Crippen molar-refractivity contribution >= 4 is 59.3 Å². The molecule has 0 spiro atoms. The minimum absolute atomic E-state index is 0.881. The topological polar surface area (TPSA) is 12.5 Å². The Morgan fingerprint density at radius 3 is 1.90 bits per heavy atom. The van der Waals surface area contributed by atoms with Gasteiger partial charge in [0.1, 0.15) is 11.5 Å². The van der Waals surface area contributed by atoms with Gasteiger partial charge in [0.25, 0.3) is 0 Å². The van der Waals surface area contributed by atoms with Gasteiger partial charge in [-0.15, -0.1) is 11.3 Å². The van der Waals surface area contributed by atoms with Crippen LogP contribution in [0.15, 0.2) is 176 Å². The van der Waals surface area contributed by atoms with Gasteiger partial charge < -0.3 is 9.64 Å². The molecular formula is C46H29NOS. The monoisotopic (exact) mass is 643 g/mol. The molecule has 0 saturated heterocycles. The summed E-state index contributed by atoms with van der Waals surface area (Å²) in [6.45, 7) is 0. The number of thiophene rings is 1. The molecule has 9 aromatic rings. The summed E-state index contributed by atoms with van der Waals surface area (Å²) < 4.78 is 9.32. The van der Waals surface area contributed by atoms with Crippen LogP contribution >= 0.6 is 11.3 Å². The lowest BCUT2D eigenvalue weighted by atomic mass is 9.91. The van der Waals surface area contributed by atoms with Gasteiger partial charge in [0, 0.05) is 37.5 Å². The van der Waals surface area contributed by atoms with Crippen LogP contribution in [0.4, 0.5) is 17.1 Å². The van der Waals surface area contributed by atoms with Crippen molar-refractivity contribution in [3.8, 4) is 44.9 Å². The number of benzene rings is 8. The average molecular weight is 644 g/mol. The van der Waals surface area contributed by atoms with Crippen LogP contribution in [-0.4, -0.2) is 0 Å². The largest absolute Gasteiger partial charge is 0.456 e. The normalized spacial score (nSPS) is 11.8. The van der Waals surface area contributed by atoms with E-state index in [2.05, 4.69) is 181 Å². The molecule has 0 radical (unpaired) electrons. The van der Waals surface area contributed by atoms with E-state index in [0.29, 0.717) is 0 Å². The predicted molar refractivity (Wildman–Crippen MR) is 208 cm³/mol. The molecule has 2 heterocycles. The Balaban J connectivity index is 1.11. The van der Waals surface area contributed by atoms with Gasteiger partial charge in [-0.2, -0.15) is 0 Å². The molecule has 8 aromatic carbocycles. The average Bonchev–Trinajstić information content (AvgIpc) is 3.56. The molecule has 230 valence electrons. The highest BCUT2D eigenvalue weighted by atomic mass is 32.1. The number of para-hydroxylation sites is 1. The number of anilines is 3. The fraction of sp³-hybridized carbons (Fsp3) is 0. The second kappa shape index (κ2) is 11.2. The van der Waals surface area contributed by atoms with Crippen molar-refractivity contribution < 1.29 is 4.74 Å². The first kappa shape index (κ1) is 27.9. The summed E-state index contributed by atoms with van der Waals surface area (Å²) in [7, 11) is 0. The van der Waals surface area contributed by atoms with Crippen LogP contribution in [0.25, 0.3) is 64.3 Å². The standard InChI is InChI=1S/C46H29NOS/c1-3-11-30(12-4-1)31-21-23-32(24-22-31)33-25-26-35-37-16-9-18-39-40(27-28-42(45(37)39)48-43(35)29-33)47(34-13-5-2-6-14-34)41-19-10-17-38-36-15-7-8-20-44(36)49-46(38)41/h1-29H. The number of rotatable bonds is 5. The maximum atomic E-state index is 6.74. The molecule has 1 aliphatic rings. The van der Waals surface area contributed by atoms with Crippen LogP contribution in [0.3, 0.4) is 0 Å². The van der Waals surface area contributed by atoms with Crippen molar-refractivity contribution in [1.29, 1.82) is 0 Å². The minimum Gasteiger partial charge on any atom is -0.456 e. The lowest BCUT2D eigenvalue weighted by Crippen LogP contribution is -2.11. The lowest BCUT2D eigenvalue weighted by Gasteiger charge is -2.29. The summed E-state index contributed by atoms with van der Waals surface area (Å²) >= 11 is 1.86. The molecule has 0 amide bonds. The molecule has 1 aromatic heterocycles. The third kappa shape index (κ3) is 4.55. The first-order valence-electron chi connectivity index (χ1n) is 16.6. The fourth-order valence-electron chi connectivity index (χ4n) is 7.37. The quantitative estimate of drug-likeness (QED) is 0.185. The van der Waals surface area contributed by atoms with E-state index in [1.54, 1.807) is 0 Å². The number of fused-ring (bicyclic) bond motifs is 5. The lowest BCUT2D eigenvalue weighted by molar-refractivity contribution is 0.487. The molecular weight excluding hydrogens is 615 g/mol. The van der Waals surface area contributed by atoms with Crippen LogP contribution in [0, 0.1) is 0 Å². The summed E-state index contributed by atoms with van der Waals surface area (Å²) in [5, 5.41) is 4.87. The summed E-state index contributed by atoms with van der Waals surface area (Å²) in [6.07, 6.45) is 0. The van der Waals surface area contributed by atoms with Crippen molar-refractivity contribution in [2.75, 3.05) is 4.90 Å². The SMILES string of the molecule is c1ccc(-c2ccc(-c3ccc4c(c3)Oc3ccc(N(c5ccccc5)c5cccc6c5sc5ccccc56)c5cccc-4c35)cc2)cc1. The smallest absolute Gasteiger partial charge is 0.136 e. The van der Waals surface area contributed by atoms with Crippen LogP contribution in [-0.2, 0) is 0 Å². The first-order chi connectivity index (χ1) is 24.3. The number of hydrogen-bond donors (Lipinski definition) is 0. The Hall–Kier alpha value is -6.16. The molecule has 2 nitrogen and oxygen atoms in total. The third-order valence-electron chi connectivity index (χ3n) is 9.68. The van der Waals surface area contributed by atoms with Crippen molar-refractivity contribution in [3.05, 3.63) is 176 Å². The van der Waals surface area contributed by atoms with Crippen LogP contribution < -0.4 is 9.64 Å². The summed E-state index contributed by atoms with van der Waals surface area (Å²) in [5.74, 6) is 1.76. The zero-order chi connectivity index (χ0) is 32.3. The second-order valence-electron chi connectivity index (χ2n) is 12.5. The van der Waals surface area contributed by atoms with Crippen molar-refractivity contribution in [3.63, 3.8) is 0 Å². The third-order valence-corrected chi connectivity index (χ3v) is 10.9. The molecule has 0 aliphatic carbocycles. The molecule has 1 aliphatic heterocycles. The molecule has 0 bridgehead atoms. The van der Waals surface area contributed by atoms with Gasteiger partial charge >= 0.3 is 0 Å². The van der Waals surface area contributed by atoms with Gasteiger partial charge in [-0.1, -0.05) is 127 Å². The van der Waals surface area contributed by atoms with Crippen molar-refractivity contribution in [2.45, 2.75) is 0 Å². The zero-order valence-corrected chi connectivity index (χ0v) is 27.3. The molecule has 0 N–H and O–H groups in total. The fourth-order valence-corrected chi connectivity index (χ4v) is 8.58. The van der Waals surface area contributed by atoms with E-state index in [1.165, 1.54) is 48.1 Å². The van der Waals surface area contributed by atoms with E-state index in [1.807, 2.05) is 11.3 Å². The molecule has 10 rings (SSSR count). The van der Waals surface area contributed by atoms with Gasteiger partial charge in [-0.05, 0) is 76.3 Å². The highest BCUT2D eigenvalue weighted by Crippen LogP contribution is 2.52. The molecule has 49 heavy (non-hydrogen) atoms. The first-order valence-corrected chi connectivity index (χ1v) is 17.4. The number of nitrogens with zero attached hydrogens (tertiary/aromatic N) is 1. The van der Waals surface area contributed by atoms with E-state index in [4.69, 9.17) is 4.74 Å². The van der Waals surface area contributed by atoms with Gasteiger partial charge in [-0.3, -0.25) is 0 Å². The maximum Gasteiger partial charge on any atom is 0.136 e. The Labute approximate surface area is 288 Å². The highest BCUT2D eigenvalue weighted by Gasteiger charge is 2.25. The van der Waals surface area contributed by atoms with Gasteiger partial charge in [0.15, 0.2) is 0 Å². The maximum absolute atomic E-state index is 6.74. The summed E-state index contributed by atoms with van der Waals surface area (Å²) in [6, 6.07) is 63.0. The molecule has 0 fully saturated rings. The van der Waals surface area contributed by atoms with E-state index in [9.17, 15) is 0 Å². The van der Waals surface area contributed by atoms with Crippen molar-refractivity contribution in [1.82, 2.24) is 0 Å². The van der Waals surface area contributed by atoms with Gasteiger partial charge in [-0.25, -0.2) is 0 Å². The van der Waals surface area contributed by atoms with Crippen LogP contribution in [0.2, 0.25) is 0 Å². The Morgan fingerprint density at radius 1 is 0.408 bits per heavy atom. The van der Waals surface area contributed by atoms with E-state index in [0.717, 1.165) is 44.8 Å². The zero-order valence-electron chi connectivity index (χ0n) is 26.5. The predicted octanol–water partition coefficient (Wildman–Crippen LogP) is 13.8. The Kier molecular flexibility index (Phi) is 6.39. The van der Waals surface area contributed by atoms with E-state index < -0.39 is 0 Å². The van der Waals surface area contributed by atoms with Crippen LogP contribution in [0.5, 0.6) is 11.5 Å². The molecule has 0 atom stereocenters. The number of hydrogen-bond acceptors (Lipinski definition) is 3. The summed E-state index contributed by atoms with van der Waals surface area (Å²) in [4.78, 5) is 2.42. The van der Waals surface area contributed by atoms with Gasteiger partial charge in [0.05, 0.1) is 16.1 Å². The Morgan fingerprint density at radius 2 is 1.06 bits per heavy atom. The second-order valence-corrected chi connectivity index (χ2v) is 13.5. The van der Waals surface area contributed by atoms with E-state index in [-0.39, 0.29) is 0 Å². The molecule has 3 heteroatoms. The molecule has 0 unspecified atom stereocenters. The minimum atomic E-state index is 0.881. The summed E-state index contributed by atoms with van der Waals surface area (Å²) in [5.41, 5.74) is 10.4. The molecule has 0 saturated carbocycles. The van der Waals surface area contributed by atoms with Crippen molar-refractivity contribution in [2.24, 2.45) is 0 Å². The number of ether oxygens (including phenoxy) is 1. The Bertz CT molecular complexity index is 2680. The highest BCUT2D eigenvalue weighted by molar-refractivity contribution is 7.26.